The Morgan fingerprint density at radius 3 is 2.58 bits per heavy atom. The molecule has 0 bridgehead atoms. The van der Waals surface area contributed by atoms with E-state index in [1.54, 1.807) is 6.20 Å². The molecule has 5 atom stereocenters. The first-order chi connectivity index (χ1) is 17.1. The number of ether oxygens (including phenoxy) is 2. The van der Waals surface area contributed by atoms with Gasteiger partial charge in [-0.25, -0.2) is 14.6 Å². The molecule has 15 heteroatoms. The molecule has 0 spiro atoms. The summed E-state index contributed by atoms with van der Waals surface area (Å²) in [4.78, 5) is 28.2. The van der Waals surface area contributed by atoms with E-state index in [0.29, 0.717) is 35.5 Å². The molecule has 14 nitrogen and oxygen atoms in total. The molecule has 1 aliphatic heterocycles. The smallest absolute Gasteiger partial charge is 0.359 e. The maximum atomic E-state index is 11.7. The molecule has 2 aromatic rings. The van der Waals surface area contributed by atoms with E-state index >= 15 is 0 Å². The first-order valence-electron chi connectivity index (χ1n) is 12.0. The molecule has 1 aliphatic carbocycles. The molecule has 2 aliphatic rings. The molecule has 2 aromatic heterocycles. The molecule has 3 heterocycles. The van der Waals surface area contributed by atoms with Crippen LogP contribution in [0.2, 0.25) is 0 Å². The summed E-state index contributed by atoms with van der Waals surface area (Å²) in [6, 6.07) is 0.267. The number of fused-ring (bicyclic) bond motifs is 1. The van der Waals surface area contributed by atoms with Crippen molar-refractivity contribution in [3.8, 4) is 0 Å². The van der Waals surface area contributed by atoms with Crippen molar-refractivity contribution in [3.05, 3.63) is 12.0 Å². The summed E-state index contributed by atoms with van der Waals surface area (Å²) in [5.74, 6) is 1.08. The zero-order valence-corrected chi connectivity index (χ0v) is 20.9. The summed E-state index contributed by atoms with van der Waals surface area (Å²) in [7, 11) is -4.84. The average Bonchev–Trinajstić information content (AvgIpc) is 3.56. The zero-order valence-electron chi connectivity index (χ0n) is 20.0. The highest BCUT2D eigenvalue weighted by atomic mass is 31.2. The Balaban J connectivity index is 1.60. The van der Waals surface area contributed by atoms with Crippen LogP contribution in [-0.4, -0.2) is 99.5 Å². The van der Waals surface area contributed by atoms with Gasteiger partial charge in [-0.05, 0) is 26.2 Å². The van der Waals surface area contributed by atoms with Crippen molar-refractivity contribution < 1.29 is 44.3 Å². The second-order valence-corrected chi connectivity index (χ2v) is 11.5. The van der Waals surface area contributed by atoms with Crippen LogP contribution in [0.3, 0.4) is 0 Å². The van der Waals surface area contributed by atoms with Crippen LogP contribution in [0.4, 0.5) is 5.82 Å². The quantitative estimate of drug-likeness (QED) is 0.185. The lowest BCUT2D eigenvalue weighted by atomic mass is 10.1. The van der Waals surface area contributed by atoms with Gasteiger partial charge in [-0.15, -0.1) is 0 Å². The highest BCUT2D eigenvalue weighted by Gasteiger charge is 2.48. The van der Waals surface area contributed by atoms with E-state index in [1.807, 2.05) is 0 Å². The number of nitrogens with zero attached hydrogens (tertiary/aromatic N) is 4. The predicted octanol–water partition coefficient (Wildman–Crippen LogP) is -0.372. The highest BCUT2D eigenvalue weighted by molar-refractivity contribution is 7.53. The van der Waals surface area contributed by atoms with Gasteiger partial charge in [-0.1, -0.05) is 12.8 Å². The molecule has 7 N–H and O–H groups in total. The molecule has 0 aromatic carbocycles. The predicted molar refractivity (Wildman–Crippen MR) is 126 cm³/mol. The number of nitrogens with one attached hydrogen (secondary N) is 1. The van der Waals surface area contributed by atoms with Crippen molar-refractivity contribution >= 4 is 24.4 Å². The average molecular weight is 532 g/mol. The number of aliphatic hydroxyl groups excluding tert-OH is 4. The second kappa shape index (κ2) is 10.9. The van der Waals surface area contributed by atoms with Crippen molar-refractivity contribution in [2.24, 2.45) is 0 Å². The van der Waals surface area contributed by atoms with Gasteiger partial charge in [-0.3, -0.25) is 4.57 Å². The van der Waals surface area contributed by atoms with Crippen LogP contribution in [0, 0.1) is 0 Å². The lowest BCUT2D eigenvalue weighted by Gasteiger charge is -2.29. The Morgan fingerprint density at radius 2 is 1.94 bits per heavy atom. The molecule has 1 unspecified atom stereocenters. The van der Waals surface area contributed by atoms with Crippen LogP contribution in [0.1, 0.15) is 51.1 Å². The Kier molecular flexibility index (Phi) is 8.29. The van der Waals surface area contributed by atoms with Crippen LogP contribution in [0.5, 0.6) is 0 Å². The monoisotopic (exact) mass is 531 g/mol. The Morgan fingerprint density at radius 1 is 1.22 bits per heavy atom. The van der Waals surface area contributed by atoms with Gasteiger partial charge in [0.25, 0.3) is 0 Å². The fourth-order valence-corrected chi connectivity index (χ4v) is 4.86. The van der Waals surface area contributed by atoms with Gasteiger partial charge < -0.3 is 45.0 Å². The van der Waals surface area contributed by atoms with Crippen LogP contribution in [0.15, 0.2) is 6.20 Å². The molecule has 1 saturated heterocycles. The van der Waals surface area contributed by atoms with E-state index in [2.05, 4.69) is 20.4 Å². The van der Waals surface area contributed by atoms with E-state index in [1.165, 1.54) is 4.68 Å². The van der Waals surface area contributed by atoms with E-state index in [0.717, 1.165) is 32.6 Å². The van der Waals surface area contributed by atoms with Crippen LogP contribution in [0.25, 0.3) is 11.0 Å². The standard InChI is InChI=1S/C21H34N5O9P/c1-21(11-28,36(31,32)33)34-10-14-16(29)17(30)20(35-14)26-19-13(9-22-26)18(23-12-5-2-3-6-12)24-15(25-19)7-4-8-27/h9,12,14,16-17,20,27-30H,2-8,10-11H2,1H3,(H,23,24,25)(H2,31,32,33)/t14-,16-,17-,20-,21?/m1/s1. The lowest BCUT2D eigenvalue weighted by molar-refractivity contribution is -0.104. The Labute approximate surface area is 207 Å². The van der Waals surface area contributed by atoms with E-state index in [9.17, 15) is 34.8 Å². The molecular formula is C21H34N5O9P. The van der Waals surface area contributed by atoms with Gasteiger partial charge in [0.15, 0.2) is 17.2 Å². The van der Waals surface area contributed by atoms with Gasteiger partial charge in [0.05, 0.1) is 24.8 Å². The molecule has 0 amide bonds. The minimum Gasteiger partial charge on any atom is -0.396 e. The minimum absolute atomic E-state index is 0.0221. The number of hydrogen-bond acceptors (Lipinski definition) is 11. The van der Waals surface area contributed by atoms with Gasteiger partial charge in [0.2, 0.25) is 0 Å². The lowest BCUT2D eigenvalue weighted by Crippen LogP contribution is -2.39. The first kappa shape index (κ1) is 27.3. The fraction of sp³-hybridized carbons (Fsp3) is 0.762. The van der Waals surface area contributed by atoms with E-state index in [-0.39, 0.29) is 12.6 Å². The summed E-state index contributed by atoms with van der Waals surface area (Å²) < 4.78 is 24.1. The largest absolute Gasteiger partial charge is 0.396 e. The Hall–Kier alpha value is -1.74. The number of rotatable bonds is 11. The summed E-state index contributed by atoms with van der Waals surface area (Å²) in [5.41, 5.74) is 0.367. The van der Waals surface area contributed by atoms with Crippen molar-refractivity contribution in [2.45, 2.75) is 81.4 Å². The number of aryl methyl sites for hydroxylation is 1. The first-order valence-corrected chi connectivity index (χ1v) is 13.6. The number of aromatic nitrogens is 4. The number of anilines is 1. The molecule has 1 saturated carbocycles. The maximum absolute atomic E-state index is 11.7. The van der Waals surface area contributed by atoms with Crippen LogP contribution in [-0.2, 0) is 20.5 Å². The summed E-state index contributed by atoms with van der Waals surface area (Å²) in [6.45, 7) is -0.430. The summed E-state index contributed by atoms with van der Waals surface area (Å²) >= 11 is 0. The molecule has 36 heavy (non-hydrogen) atoms. The van der Waals surface area contributed by atoms with Crippen molar-refractivity contribution in [1.82, 2.24) is 19.7 Å². The molecule has 202 valence electrons. The van der Waals surface area contributed by atoms with Crippen molar-refractivity contribution in [2.75, 3.05) is 25.1 Å². The minimum atomic E-state index is -4.84. The second-order valence-electron chi connectivity index (χ2n) is 9.50. The maximum Gasteiger partial charge on any atom is 0.359 e. The fourth-order valence-electron chi connectivity index (χ4n) is 4.43. The van der Waals surface area contributed by atoms with E-state index < -0.39 is 50.7 Å². The topological polar surface area (TPSA) is 213 Å². The van der Waals surface area contributed by atoms with E-state index in [4.69, 9.17) is 9.47 Å². The Bertz CT molecular complexity index is 1090. The molecular weight excluding hydrogens is 497 g/mol. The summed E-state index contributed by atoms with van der Waals surface area (Å²) in [5, 5.41) is 46.2. The highest BCUT2D eigenvalue weighted by Crippen LogP contribution is 2.51. The molecule has 4 rings (SSSR count). The number of aliphatic hydroxyl groups is 4. The summed E-state index contributed by atoms with van der Waals surface area (Å²) in [6.07, 6.45) is 1.50. The van der Waals surface area contributed by atoms with Gasteiger partial charge in [-0.2, -0.15) is 5.10 Å². The third-order valence-electron chi connectivity index (χ3n) is 6.80. The number of hydrogen-bond donors (Lipinski definition) is 7. The molecule has 2 fully saturated rings. The van der Waals surface area contributed by atoms with Crippen LogP contribution < -0.4 is 5.32 Å². The van der Waals surface area contributed by atoms with Gasteiger partial charge in [0, 0.05) is 19.1 Å². The van der Waals surface area contributed by atoms with Crippen LogP contribution >= 0.6 is 7.60 Å². The van der Waals surface area contributed by atoms with Gasteiger partial charge in [0.1, 0.15) is 30.0 Å². The SMILES string of the molecule is CC(CO)(OC[C@H]1O[C@@H](n2ncc3c(NC4CCCC4)nc(CCCO)nc32)[C@H](O)[C@@H]1O)P(=O)(O)O. The zero-order chi connectivity index (χ0) is 26.1. The van der Waals surface area contributed by atoms with Crippen molar-refractivity contribution in [3.63, 3.8) is 0 Å². The molecule has 0 radical (unpaired) electrons. The van der Waals surface area contributed by atoms with Crippen molar-refractivity contribution in [1.29, 1.82) is 0 Å². The third kappa shape index (κ3) is 5.42. The third-order valence-corrected chi connectivity index (χ3v) is 8.30. The normalized spacial score (nSPS) is 27.1. The van der Waals surface area contributed by atoms with Gasteiger partial charge >= 0.3 is 7.60 Å².